The molecule has 1 N–H and O–H groups in total. The average Bonchev–Trinajstić information content (AvgIpc) is 2.37. The molecule has 2 rings (SSSR count). The number of benzene rings is 1. The quantitative estimate of drug-likeness (QED) is 0.900. The van der Waals surface area contributed by atoms with E-state index in [1.807, 2.05) is 19.2 Å². The van der Waals surface area contributed by atoms with Crippen LogP contribution in [0.3, 0.4) is 0 Å². The molecule has 0 amide bonds. The number of rotatable bonds is 4. The van der Waals surface area contributed by atoms with Crippen molar-refractivity contribution in [3.8, 4) is 11.6 Å². The predicted octanol–water partition coefficient (Wildman–Crippen LogP) is 3.04. The van der Waals surface area contributed by atoms with E-state index >= 15 is 0 Å². The Kier molecular flexibility index (Phi) is 3.89. The third-order valence-electron chi connectivity index (χ3n) is 2.58. The maximum absolute atomic E-state index is 13.4. The van der Waals surface area contributed by atoms with Crippen LogP contribution in [0, 0.1) is 12.7 Å². The lowest BCUT2D eigenvalue weighted by molar-refractivity contribution is 0.449. The van der Waals surface area contributed by atoms with Crippen molar-refractivity contribution in [1.29, 1.82) is 0 Å². The summed E-state index contributed by atoms with van der Waals surface area (Å²) in [6, 6.07) is 8.55. The highest BCUT2D eigenvalue weighted by atomic mass is 19.1. The fourth-order valence-electron chi connectivity index (χ4n) is 1.59. The number of halogens is 1. The van der Waals surface area contributed by atoms with Crippen LogP contribution in [0.4, 0.5) is 4.39 Å². The number of hydrogen-bond donors (Lipinski definition) is 1. The first-order valence-corrected chi connectivity index (χ1v) is 5.73. The second-order valence-electron chi connectivity index (χ2n) is 4.01. The summed E-state index contributed by atoms with van der Waals surface area (Å²) in [6.07, 6.45) is 1.65. The molecule has 0 fully saturated rings. The number of ether oxygens (including phenoxy) is 1. The molecule has 94 valence electrons. The molecule has 0 aliphatic heterocycles. The summed E-state index contributed by atoms with van der Waals surface area (Å²) in [4.78, 5) is 4.16. The fourth-order valence-corrected chi connectivity index (χ4v) is 1.59. The van der Waals surface area contributed by atoms with Crippen molar-refractivity contribution in [3.63, 3.8) is 0 Å². The van der Waals surface area contributed by atoms with E-state index in [2.05, 4.69) is 10.3 Å². The van der Waals surface area contributed by atoms with Crippen molar-refractivity contribution in [2.75, 3.05) is 7.05 Å². The number of nitrogens with zero attached hydrogens (tertiary/aromatic N) is 1. The summed E-state index contributed by atoms with van der Waals surface area (Å²) in [6.45, 7) is 2.36. The van der Waals surface area contributed by atoms with Crippen molar-refractivity contribution >= 4 is 0 Å². The lowest BCUT2D eigenvalue weighted by Crippen LogP contribution is -2.07. The highest BCUT2D eigenvalue weighted by Gasteiger charge is 2.06. The van der Waals surface area contributed by atoms with Crippen LogP contribution in [-0.2, 0) is 6.54 Å². The molecule has 18 heavy (non-hydrogen) atoms. The van der Waals surface area contributed by atoms with Gasteiger partial charge in [-0.3, -0.25) is 0 Å². The van der Waals surface area contributed by atoms with Gasteiger partial charge in [0.15, 0.2) is 0 Å². The second-order valence-corrected chi connectivity index (χ2v) is 4.01. The minimum atomic E-state index is -0.279. The number of aromatic nitrogens is 1. The van der Waals surface area contributed by atoms with E-state index in [4.69, 9.17) is 4.74 Å². The predicted molar refractivity (Wildman–Crippen MR) is 68.2 cm³/mol. The lowest BCUT2D eigenvalue weighted by atomic mass is 10.2. The molecule has 0 radical (unpaired) electrons. The van der Waals surface area contributed by atoms with Gasteiger partial charge in [0.2, 0.25) is 5.88 Å². The Morgan fingerprint density at radius 2 is 2.17 bits per heavy atom. The van der Waals surface area contributed by atoms with Crippen LogP contribution >= 0.6 is 0 Å². The third-order valence-corrected chi connectivity index (χ3v) is 2.58. The van der Waals surface area contributed by atoms with E-state index in [1.165, 1.54) is 6.07 Å². The van der Waals surface area contributed by atoms with Crippen LogP contribution in [0.1, 0.15) is 11.1 Å². The van der Waals surface area contributed by atoms with Gasteiger partial charge in [0, 0.05) is 24.4 Å². The maximum Gasteiger partial charge on any atom is 0.223 e. The Hall–Kier alpha value is -1.94. The van der Waals surface area contributed by atoms with Gasteiger partial charge in [-0.05, 0) is 31.7 Å². The van der Waals surface area contributed by atoms with Crippen molar-refractivity contribution < 1.29 is 9.13 Å². The summed E-state index contributed by atoms with van der Waals surface area (Å²) >= 11 is 0. The highest BCUT2D eigenvalue weighted by molar-refractivity contribution is 5.34. The van der Waals surface area contributed by atoms with E-state index in [0.29, 0.717) is 23.7 Å². The molecular formula is C14H15FN2O. The molecule has 0 saturated carbocycles. The zero-order valence-corrected chi connectivity index (χ0v) is 10.4. The summed E-state index contributed by atoms with van der Waals surface area (Å²) in [5.74, 6) is 0.669. The molecule has 2 aromatic rings. The molecular weight excluding hydrogens is 231 g/mol. The van der Waals surface area contributed by atoms with E-state index in [1.54, 1.807) is 25.3 Å². The van der Waals surface area contributed by atoms with Gasteiger partial charge >= 0.3 is 0 Å². The van der Waals surface area contributed by atoms with Crippen LogP contribution < -0.4 is 10.1 Å². The topological polar surface area (TPSA) is 34.2 Å². The Morgan fingerprint density at radius 3 is 2.89 bits per heavy atom. The van der Waals surface area contributed by atoms with Gasteiger partial charge in [-0.15, -0.1) is 0 Å². The first kappa shape index (κ1) is 12.5. The normalized spacial score (nSPS) is 10.4. The Labute approximate surface area is 106 Å². The number of pyridine rings is 1. The molecule has 3 nitrogen and oxygen atoms in total. The minimum Gasteiger partial charge on any atom is -0.439 e. The van der Waals surface area contributed by atoms with Crippen LogP contribution in [0.25, 0.3) is 0 Å². The monoisotopic (exact) mass is 246 g/mol. The molecule has 0 unspecified atom stereocenters. The SMILES string of the molecule is CNCc1cccnc1Oc1ccc(C)c(F)c1. The van der Waals surface area contributed by atoms with Gasteiger partial charge in [0.1, 0.15) is 11.6 Å². The number of aryl methyl sites for hydroxylation is 1. The largest absolute Gasteiger partial charge is 0.439 e. The minimum absolute atomic E-state index is 0.279. The number of nitrogens with one attached hydrogen (secondary N) is 1. The smallest absolute Gasteiger partial charge is 0.223 e. The van der Waals surface area contributed by atoms with Crippen LogP contribution in [0.5, 0.6) is 11.6 Å². The highest BCUT2D eigenvalue weighted by Crippen LogP contribution is 2.24. The van der Waals surface area contributed by atoms with Gasteiger partial charge in [-0.1, -0.05) is 12.1 Å². The summed E-state index contributed by atoms with van der Waals surface area (Å²) in [5, 5.41) is 3.04. The Balaban J connectivity index is 2.25. The van der Waals surface area contributed by atoms with Gasteiger partial charge in [0.05, 0.1) is 0 Å². The molecule has 0 bridgehead atoms. The average molecular weight is 246 g/mol. The molecule has 0 aliphatic carbocycles. The third kappa shape index (κ3) is 2.84. The zero-order chi connectivity index (χ0) is 13.0. The first-order chi connectivity index (χ1) is 8.70. The fraction of sp³-hybridized carbons (Fsp3) is 0.214. The first-order valence-electron chi connectivity index (χ1n) is 5.73. The standard InChI is InChI=1S/C14H15FN2O/c1-10-5-6-12(8-13(10)15)18-14-11(9-16-2)4-3-7-17-14/h3-8,16H,9H2,1-2H3. The van der Waals surface area contributed by atoms with E-state index < -0.39 is 0 Å². The molecule has 0 spiro atoms. The van der Waals surface area contributed by atoms with Gasteiger partial charge < -0.3 is 10.1 Å². The molecule has 0 aliphatic rings. The molecule has 0 atom stereocenters. The van der Waals surface area contributed by atoms with Gasteiger partial charge in [0.25, 0.3) is 0 Å². The maximum atomic E-state index is 13.4. The number of hydrogen-bond acceptors (Lipinski definition) is 3. The Bertz CT molecular complexity index is 543. The zero-order valence-electron chi connectivity index (χ0n) is 10.4. The summed E-state index contributed by atoms with van der Waals surface area (Å²) in [7, 11) is 1.85. The van der Waals surface area contributed by atoms with Crippen LogP contribution in [0.15, 0.2) is 36.5 Å². The van der Waals surface area contributed by atoms with Crippen molar-refractivity contribution in [3.05, 3.63) is 53.5 Å². The van der Waals surface area contributed by atoms with Gasteiger partial charge in [-0.25, -0.2) is 9.37 Å². The molecule has 1 aromatic heterocycles. The van der Waals surface area contributed by atoms with Crippen molar-refractivity contribution in [2.24, 2.45) is 0 Å². The summed E-state index contributed by atoms with van der Waals surface area (Å²) < 4.78 is 19.0. The Morgan fingerprint density at radius 1 is 1.33 bits per heavy atom. The molecule has 0 saturated heterocycles. The molecule has 1 heterocycles. The van der Waals surface area contributed by atoms with Crippen molar-refractivity contribution in [2.45, 2.75) is 13.5 Å². The summed E-state index contributed by atoms with van der Waals surface area (Å²) in [5.41, 5.74) is 1.53. The van der Waals surface area contributed by atoms with E-state index in [9.17, 15) is 4.39 Å². The van der Waals surface area contributed by atoms with Gasteiger partial charge in [-0.2, -0.15) is 0 Å². The molecule has 1 aromatic carbocycles. The van der Waals surface area contributed by atoms with Crippen molar-refractivity contribution in [1.82, 2.24) is 10.3 Å². The second kappa shape index (κ2) is 5.60. The van der Waals surface area contributed by atoms with Crippen LogP contribution in [0.2, 0.25) is 0 Å². The molecule has 4 heteroatoms. The lowest BCUT2D eigenvalue weighted by Gasteiger charge is -2.09. The van der Waals surface area contributed by atoms with Crippen LogP contribution in [-0.4, -0.2) is 12.0 Å². The van der Waals surface area contributed by atoms with E-state index in [0.717, 1.165) is 5.56 Å². The van der Waals surface area contributed by atoms with E-state index in [-0.39, 0.29) is 5.82 Å².